The number of fused-ring (bicyclic) bond motifs is 1. The maximum absolute atomic E-state index is 9.83. The van der Waals surface area contributed by atoms with Crippen molar-refractivity contribution in [2.45, 2.75) is 31.2 Å². The zero-order valence-electron chi connectivity index (χ0n) is 14.2. The van der Waals surface area contributed by atoms with E-state index in [1.54, 1.807) is 4.52 Å². The SMILES string of the molecule is N#CC1(c2ccc3c(N)ncnn23)CC[C@@H](COCc2ccccc2)O1. The van der Waals surface area contributed by atoms with E-state index in [0.29, 0.717) is 36.7 Å². The van der Waals surface area contributed by atoms with Crippen LogP contribution in [0.4, 0.5) is 5.82 Å². The molecule has 1 aromatic carbocycles. The van der Waals surface area contributed by atoms with Gasteiger partial charge in [-0.15, -0.1) is 0 Å². The van der Waals surface area contributed by atoms with E-state index in [4.69, 9.17) is 15.2 Å². The molecule has 3 aromatic rings. The number of anilines is 1. The molecular weight excluding hydrogens is 330 g/mol. The number of nitrogen functional groups attached to an aromatic ring is 1. The van der Waals surface area contributed by atoms with Crippen LogP contribution in [0.25, 0.3) is 5.52 Å². The number of aromatic nitrogens is 3. The number of ether oxygens (including phenoxy) is 2. The highest BCUT2D eigenvalue weighted by atomic mass is 16.6. The van der Waals surface area contributed by atoms with E-state index in [2.05, 4.69) is 16.2 Å². The Labute approximate surface area is 151 Å². The third-order valence-corrected chi connectivity index (χ3v) is 4.68. The Balaban J connectivity index is 1.48. The van der Waals surface area contributed by atoms with Crippen molar-refractivity contribution in [1.82, 2.24) is 14.6 Å². The molecule has 1 saturated heterocycles. The van der Waals surface area contributed by atoms with Crippen molar-refractivity contribution in [1.29, 1.82) is 5.26 Å². The van der Waals surface area contributed by atoms with Crippen LogP contribution >= 0.6 is 0 Å². The van der Waals surface area contributed by atoms with Gasteiger partial charge in [-0.3, -0.25) is 0 Å². The van der Waals surface area contributed by atoms with Crippen molar-refractivity contribution in [3.63, 3.8) is 0 Å². The minimum absolute atomic E-state index is 0.136. The first kappa shape index (κ1) is 16.5. The summed E-state index contributed by atoms with van der Waals surface area (Å²) in [6.45, 7) is 0.969. The van der Waals surface area contributed by atoms with Crippen LogP contribution in [-0.4, -0.2) is 27.3 Å². The maximum Gasteiger partial charge on any atom is 0.196 e. The molecule has 0 spiro atoms. The van der Waals surface area contributed by atoms with Crippen molar-refractivity contribution in [3.05, 3.63) is 60.0 Å². The first-order valence-corrected chi connectivity index (χ1v) is 8.51. The average Bonchev–Trinajstić information content (AvgIpc) is 3.28. The molecule has 132 valence electrons. The van der Waals surface area contributed by atoms with Gasteiger partial charge in [0.25, 0.3) is 0 Å². The molecule has 1 unspecified atom stereocenters. The molecule has 26 heavy (non-hydrogen) atoms. The van der Waals surface area contributed by atoms with Gasteiger partial charge in [-0.2, -0.15) is 10.4 Å². The zero-order chi connectivity index (χ0) is 18.0. The number of hydrogen-bond donors (Lipinski definition) is 1. The van der Waals surface area contributed by atoms with Gasteiger partial charge >= 0.3 is 0 Å². The van der Waals surface area contributed by atoms with E-state index in [0.717, 1.165) is 12.0 Å². The van der Waals surface area contributed by atoms with E-state index in [1.165, 1.54) is 6.33 Å². The lowest BCUT2D eigenvalue weighted by Gasteiger charge is -2.21. The predicted octanol–water partition coefficient (Wildman–Crippen LogP) is 2.43. The highest BCUT2D eigenvalue weighted by Crippen LogP contribution is 2.39. The average molecular weight is 349 g/mol. The standard InChI is InChI=1S/C19H19N5O2/c20-12-19(17-7-6-16-18(21)22-13-23-24(16)17)9-8-15(26-19)11-25-10-14-4-2-1-3-5-14/h1-7,13,15H,8-11H2,(H2,21,22,23)/t15-,19?/m0/s1. The van der Waals surface area contributed by atoms with Crippen molar-refractivity contribution in [2.24, 2.45) is 0 Å². The number of rotatable bonds is 5. The third-order valence-electron chi connectivity index (χ3n) is 4.68. The lowest BCUT2D eigenvalue weighted by Crippen LogP contribution is -2.28. The Morgan fingerprint density at radius 2 is 2.15 bits per heavy atom. The first-order valence-electron chi connectivity index (χ1n) is 8.51. The monoisotopic (exact) mass is 349 g/mol. The van der Waals surface area contributed by atoms with Gasteiger partial charge in [-0.1, -0.05) is 30.3 Å². The summed E-state index contributed by atoms with van der Waals surface area (Å²) >= 11 is 0. The van der Waals surface area contributed by atoms with E-state index in [9.17, 15) is 5.26 Å². The lowest BCUT2D eigenvalue weighted by atomic mass is 9.98. The quantitative estimate of drug-likeness (QED) is 0.759. The van der Waals surface area contributed by atoms with Crippen molar-refractivity contribution in [2.75, 3.05) is 12.3 Å². The number of benzene rings is 1. The molecule has 2 aromatic heterocycles. The summed E-state index contributed by atoms with van der Waals surface area (Å²) in [5, 5.41) is 14.1. The van der Waals surface area contributed by atoms with E-state index < -0.39 is 5.60 Å². The maximum atomic E-state index is 9.83. The molecule has 1 aliphatic rings. The van der Waals surface area contributed by atoms with Crippen LogP contribution in [0.5, 0.6) is 0 Å². The molecule has 0 saturated carbocycles. The Bertz CT molecular complexity index is 949. The number of nitrogens with two attached hydrogens (primary N) is 1. The normalized spacial score (nSPS) is 22.5. The summed E-state index contributed by atoms with van der Waals surface area (Å²) in [6, 6.07) is 16.0. The van der Waals surface area contributed by atoms with Crippen molar-refractivity contribution < 1.29 is 9.47 Å². The second kappa shape index (κ2) is 6.75. The largest absolute Gasteiger partial charge is 0.382 e. The fourth-order valence-electron chi connectivity index (χ4n) is 3.35. The van der Waals surface area contributed by atoms with E-state index in [-0.39, 0.29) is 6.10 Å². The van der Waals surface area contributed by atoms with Gasteiger partial charge in [-0.05, 0) is 30.5 Å². The second-order valence-electron chi connectivity index (χ2n) is 6.38. The molecule has 3 heterocycles. The number of hydrogen-bond acceptors (Lipinski definition) is 6. The van der Waals surface area contributed by atoms with Gasteiger partial charge in [0.15, 0.2) is 11.4 Å². The molecular formula is C19H19N5O2. The molecule has 1 fully saturated rings. The molecule has 7 heteroatoms. The molecule has 2 N–H and O–H groups in total. The highest BCUT2D eigenvalue weighted by Gasteiger charge is 2.44. The Morgan fingerprint density at radius 1 is 1.31 bits per heavy atom. The van der Waals surface area contributed by atoms with Crippen LogP contribution in [0, 0.1) is 11.3 Å². The van der Waals surface area contributed by atoms with Crippen LogP contribution in [0.2, 0.25) is 0 Å². The number of nitrogens with zero attached hydrogens (tertiary/aromatic N) is 4. The van der Waals surface area contributed by atoms with E-state index >= 15 is 0 Å². The topological polar surface area (TPSA) is 98.5 Å². The first-order chi connectivity index (χ1) is 12.7. The van der Waals surface area contributed by atoms with Gasteiger partial charge in [0.05, 0.1) is 25.0 Å². The summed E-state index contributed by atoms with van der Waals surface area (Å²) in [5.74, 6) is 0.375. The highest BCUT2D eigenvalue weighted by molar-refractivity contribution is 5.65. The zero-order valence-corrected chi connectivity index (χ0v) is 14.2. The molecule has 0 aliphatic carbocycles. The van der Waals surface area contributed by atoms with Crippen LogP contribution < -0.4 is 5.73 Å². The van der Waals surface area contributed by atoms with Crippen LogP contribution in [-0.2, 0) is 21.7 Å². The summed E-state index contributed by atoms with van der Waals surface area (Å²) in [6.07, 6.45) is 2.57. The fourth-order valence-corrected chi connectivity index (χ4v) is 3.35. The fraction of sp³-hybridized carbons (Fsp3) is 0.316. The second-order valence-corrected chi connectivity index (χ2v) is 6.38. The molecule has 2 atom stereocenters. The van der Waals surface area contributed by atoms with Gasteiger partial charge in [-0.25, -0.2) is 9.50 Å². The summed E-state index contributed by atoms with van der Waals surface area (Å²) < 4.78 is 13.5. The van der Waals surface area contributed by atoms with Gasteiger partial charge in [0.1, 0.15) is 17.9 Å². The molecule has 0 bridgehead atoms. The number of nitriles is 1. The molecule has 4 rings (SSSR count). The van der Waals surface area contributed by atoms with Gasteiger partial charge in [0, 0.05) is 0 Å². The van der Waals surface area contributed by atoms with Gasteiger partial charge < -0.3 is 15.2 Å². The molecule has 1 aliphatic heterocycles. The van der Waals surface area contributed by atoms with Crippen molar-refractivity contribution >= 4 is 11.3 Å². The lowest BCUT2D eigenvalue weighted by molar-refractivity contribution is -0.0528. The minimum atomic E-state index is -1.05. The van der Waals surface area contributed by atoms with Gasteiger partial charge in [0.2, 0.25) is 0 Å². The Morgan fingerprint density at radius 3 is 2.96 bits per heavy atom. The Hall–Kier alpha value is -2.95. The minimum Gasteiger partial charge on any atom is -0.382 e. The Kier molecular flexibility index (Phi) is 4.29. The van der Waals surface area contributed by atoms with Crippen LogP contribution in [0.15, 0.2) is 48.8 Å². The molecule has 0 amide bonds. The summed E-state index contributed by atoms with van der Waals surface area (Å²) in [7, 11) is 0. The van der Waals surface area contributed by atoms with Crippen LogP contribution in [0.3, 0.4) is 0 Å². The smallest absolute Gasteiger partial charge is 0.196 e. The molecule has 7 nitrogen and oxygen atoms in total. The third kappa shape index (κ3) is 2.90. The summed E-state index contributed by atoms with van der Waals surface area (Å²) in [4.78, 5) is 3.98. The molecule has 0 radical (unpaired) electrons. The summed E-state index contributed by atoms with van der Waals surface area (Å²) in [5.41, 5.74) is 7.30. The van der Waals surface area contributed by atoms with E-state index in [1.807, 2.05) is 42.5 Å². The van der Waals surface area contributed by atoms with Crippen molar-refractivity contribution in [3.8, 4) is 6.07 Å². The predicted molar refractivity (Wildman–Crippen MR) is 94.9 cm³/mol. The van der Waals surface area contributed by atoms with Crippen LogP contribution in [0.1, 0.15) is 24.1 Å².